The van der Waals surface area contributed by atoms with Crippen LogP contribution in [0.3, 0.4) is 0 Å². The van der Waals surface area contributed by atoms with Crippen molar-refractivity contribution in [3.8, 4) is 5.75 Å². The summed E-state index contributed by atoms with van der Waals surface area (Å²) in [5.74, 6) is 0.827. The van der Waals surface area contributed by atoms with Gasteiger partial charge < -0.3 is 4.74 Å². The molecule has 3 N–H and O–H groups in total. The van der Waals surface area contributed by atoms with Gasteiger partial charge in [0, 0.05) is 11.5 Å². The Bertz CT molecular complexity index is 706. The Balaban J connectivity index is 1.80. The molecule has 28 heavy (non-hydrogen) atoms. The molecule has 1 aromatic rings. The van der Waals surface area contributed by atoms with Crippen molar-refractivity contribution in [1.82, 2.24) is 16.2 Å². The van der Waals surface area contributed by atoms with Crippen LogP contribution in [0.4, 0.5) is 0 Å². The summed E-state index contributed by atoms with van der Waals surface area (Å²) in [6.45, 7) is 4.90. The second-order valence-electron chi connectivity index (χ2n) is 7.41. The zero-order valence-corrected chi connectivity index (χ0v) is 18.7. The van der Waals surface area contributed by atoms with E-state index in [1.807, 2.05) is 0 Å². The van der Waals surface area contributed by atoms with E-state index in [2.05, 4.69) is 45.9 Å². The Hall–Kier alpha value is -1.67. The molecule has 0 bridgehead atoms. The fourth-order valence-corrected chi connectivity index (χ4v) is 3.59. The summed E-state index contributed by atoms with van der Waals surface area (Å²) < 4.78 is 6.42. The molecule has 1 aliphatic rings. The number of halogens is 1. The fourth-order valence-electron chi connectivity index (χ4n) is 2.96. The molecule has 6 nitrogen and oxygen atoms in total. The monoisotopic (exact) mass is 469 g/mol. The van der Waals surface area contributed by atoms with Crippen molar-refractivity contribution in [2.45, 2.75) is 52.4 Å². The predicted molar refractivity (Wildman–Crippen MR) is 117 cm³/mol. The van der Waals surface area contributed by atoms with Gasteiger partial charge in [-0.3, -0.25) is 25.8 Å². The van der Waals surface area contributed by atoms with Crippen LogP contribution < -0.4 is 20.9 Å². The summed E-state index contributed by atoms with van der Waals surface area (Å²) in [4.78, 5) is 24.5. The molecule has 1 aliphatic carbocycles. The maximum absolute atomic E-state index is 12.4. The molecule has 0 aliphatic heterocycles. The van der Waals surface area contributed by atoms with Crippen molar-refractivity contribution in [1.29, 1.82) is 0 Å². The summed E-state index contributed by atoms with van der Waals surface area (Å²) in [6, 6.07) is 5.11. The lowest BCUT2D eigenvalue weighted by atomic mass is 9.89. The number of hydrogen-bond acceptors (Lipinski definition) is 4. The maximum Gasteiger partial charge on any atom is 0.257 e. The van der Waals surface area contributed by atoms with Gasteiger partial charge in [0.05, 0.1) is 11.1 Å². The highest BCUT2D eigenvalue weighted by molar-refractivity contribution is 9.10. The summed E-state index contributed by atoms with van der Waals surface area (Å²) in [5, 5.41) is 2.62. The van der Waals surface area contributed by atoms with Gasteiger partial charge >= 0.3 is 0 Å². The molecular formula is C20H28BrN3O3S. The molecule has 0 heterocycles. The van der Waals surface area contributed by atoms with E-state index >= 15 is 0 Å². The van der Waals surface area contributed by atoms with E-state index in [0.717, 1.165) is 32.1 Å². The first-order valence-electron chi connectivity index (χ1n) is 9.70. The SMILES string of the molecule is CC(C)CCOc1ccc(C(=O)NC(=S)NNC(=O)C2CCCCC2)cc1Br. The number of hydrogen-bond donors (Lipinski definition) is 3. The first-order valence-corrected chi connectivity index (χ1v) is 10.9. The van der Waals surface area contributed by atoms with E-state index < -0.39 is 0 Å². The van der Waals surface area contributed by atoms with Crippen LogP contribution in [-0.4, -0.2) is 23.5 Å². The molecule has 0 radical (unpaired) electrons. The molecular weight excluding hydrogens is 442 g/mol. The van der Waals surface area contributed by atoms with Crippen molar-refractivity contribution in [3.05, 3.63) is 28.2 Å². The molecule has 0 aromatic heterocycles. The van der Waals surface area contributed by atoms with Gasteiger partial charge in [-0.1, -0.05) is 33.1 Å². The number of benzene rings is 1. The minimum atomic E-state index is -0.362. The van der Waals surface area contributed by atoms with E-state index in [-0.39, 0.29) is 22.8 Å². The molecule has 154 valence electrons. The van der Waals surface area contributed by atoms with E-state index in [9.17, 15) is 9.59 Å². The molecule has 2 amide bonds. The van der Waals surface area contributed by atoms with Gasteiger partial charge in [0.2, 0.25) is 5.91 Å². The fraction of sp³-hybridized carbons (Fsp3) is 0.550. The normalized spacial score (nSPS) is 14.4. The zero-order chi connectivity index (χ0) is 20.5. The van der Waals surface area contributed by atoms with Gasteiger partial charge in [0.1, 0.15) is 5.75 Å². The largest absolute Gasteiger partial charge is 0.492 e. The first-order chi connectivity index (χ1) is 13.4. The number of carbonyl (C=O) groups excluding carboxylic acids is 2. The lowest BCUT2D eigenvalue weighted by Gasteiger charge is -2.21. The quantitative estimate of drug-likeness (QED) is 0.431. The highest BCUT2D eigenvalue weighted by Crippen LogP contribution is 2.26. The standard InChI is InChI=1S/C20H28BrN3O3S/c1-13(2)10-11-27-17-9-8-15(12-16(17)21)18(25)22-20(28)24-23-19(26)14-6-4-3-5-7-14/h8-9,12-14H,3-7,10-11H2,1-2H3,(H,23,26)(H2,22,24,25,28). The number of amides is 2. The third-order valence-electron chi connectivity index (χ3n) is 4.65. The van der Waals surface area contributed by atoms with Crippen LogP contribution in [-0.2, 0) is 4.79 Å². The van der Waals surface area contributed by atoms with Crippen LogP contribution in [0.15, 0.2) is 22.7 Å². The summed E-state index contributed by atoms with van der Waals surface area (Å²) in [5.41, 5.74) is 5.63. The molecule has 0 atom stereocenters. The molecule has 1 aromatic carbocycles. The van der Waals surface area contributed by atoms with Crippen LogP contribution in [0.2, 0.25) is 0 Å². The molecule has 8 heteroatoms. The van der Waals surface area contributed by atoms with Crippen molar-refractivity contribution in [2.75, 3.05) is 6.61 Å². The second-order valence-corrected chi connectivity index (χ2v) is 8.67. The highest BCUT2D eigenvalue weighted by Gasteiger charge is 2.21. The highest BCUT2D eigenvalue weighted by atomic mass is 79.9. The van der Waals surface area contributed by atoms with E-state index in [0.29, 0.717) is 28.3 Å². The second kappa shape index (κ2) is 11.4. The average Bonchev–Trinajstić information content (AvgIpc) is 2.67. The topological polar surface area (TPSA) is 79.5 Å². The maximum atomic E-state index is 12.4. The minimum Gasteiger partial charge on any atom is -0.492 e. The number of ether oxygens (including phenoxy) is 1. The number of rotatable bonds is 6. The number of hydrazine groups is 1. The Morgan fingerprint density at radius 2 is 1.93 bits per heavy atom. The van der Waals surface area contributed by atoms with E-state index in [1.54, 1.807) is 18.2 Å². The Labute approximate surface area is 180 Å². The van der Waals surface area contributed by atoms with Crippen LogP contribution in [0.1, 0.15) is 62.7 Å². The van der Waals surface area contributed by atoms with Crippen molar-refractivity contribution < 1.29 is 14.3 Å². The van der Waals surface area contributed by atoms with E-state index in [4.69, 9.17) is 17.0 Å². The van der Waals surface area contributed by atoms with Gasteiger partial charge in [-0.25, -0.2) is 0 Å². The lowest BCUT2D eigenvalue weighted by molar-refractivity contribution is -0.126. The average molecular weight is 470 g/mol. The van der Waals surface area contributed by atoms with Crippen molar-refractivity contribution in [2.24, 2.45) is 11.8 Å². The molecule has 2 rings (SSSR count). The smallest absolute Gasteiger partial charge is 0.257 e. The van der Waals surface area contributed by atoms with Crippen molar-refractivity contribution >= 4 is 45.1 Å². The summed E-state index contributed by atoms with van der Waals surface area (Å²) in [7, 11) is 0. The van der Waals surface area contributed by atoms with Crippen LogP contribution >= 0.6 is 28.1 Å². The lowest BCUT2D eigenvalue weighted by Crippen LogP contribution is -2.50. The Morgan fingerprint density at radius 3 is 2.57 bits per heavy atom. The van der Waals surface area contributed by atoms with Gasteiger partial charge in [-0.2, -0.15) is 0 Å². The van der Waals surface area contributed by atoms with Gasteiger partial charge in [-0.15, -0.1) is 0 Å². The molecule has 1 saturated carbocycles. The molecule has 0 unspecified atom stereocenters. The van der Waals surface area contributed by atoms with Crippen LogP contribution in [0.5, 0.6) is 5.75 Å². The molecule has 0 spiro atoms. The number of thiocarbonyl (C=S) groups is 1. The van der Waals surface area contributed by atoms with Gasteiger partial charge in [0.25, 0.3) is 5.91 Å². The number of carbonyl (C=O) groups is 2. The molecule has 1 fully saturated rings. The third kappa shape index (κ3) is 7.39. The Kier molecular flexibility index (Phi) is 9.18. The van der Waals surface area contributed by atoms with Crippen LogP contribution in [0.25, 0.3) is 0 Å². The number of nitrogens with one attached hydrogen (secondary N) is 3. The van der Waals surface area contributed by atoms with Gasteiger partial charge in [0.15, 0.2) is 5.11 Å². The summed E-state index contributed by atoms with van der Waals surface area (Å²) in [6.07, 6.45) is 6.08. The van der Waals surface area contributed by atoms with Gasteiger partial charge in [-0.05, 0) is 71.5 Å². The zero-order valence-electron chi connectivity index (χ0n) is 16.3. The first kappa shape index (κ1) is 22.6. The predicted octanol–water partition coefficient (Wildman–Crippen LogP) is 4.09. The third-order valence-corrected chi connectivity index (χ3v) is 5.47. The minimum absolute atomic E-state index is 0.0129. The van der Waals surface area contributed by atoms with Crippen LogP contribution in [0, 0.1) is 11.8 Å². The van der Waals surface area contributed by atoms with E-state index in [1.165, 1.54) is 6.42 Å². The summed E-state index contributed by atoms with van der Waals surface area (Å²) >= 11 is 8.53. The molecule has 0 saturated heterocycles. The Morgan fingerprint density at radius 1 is 1.21 bits per heavy atom. The van der Waals surface area contributed by atoms with Crippen molar-refractivity contribution in [3.63, 3.8) is 0 Å².